The number of amides is 1. The topological polar surface area (TPSA) is 55.4 Å². The number of hydrogen-bond acceptors (Lipinski definition) is 3. The number of ketones is 1. The van der Waals surface area contributed by atoms with Crippen LogP contribution in [-0.4, -0.2) is 18.8 Å². The Balaban J connectivity index is 1.62. The Bertz CT molecular complexity index is 1060. The van der Waals surface area contributed by atoms with Crippen molar-refractivity contribution in [1.29, 1.82) is 0 Å². The maximum Gasteiger partial charge on any atom is 0.231 e. The number of methoxy groups -OCH3 is 1. The number of halogens is 1. The van der Waals surface area contributed by atoms with Gasteiger partial charge in [-0.25, -0.2) is 0 Å². The second-order valence-corrected chi connectivity index (χ2v) is 7.47. The summed E-state index contributed by atoms with van der Waals surface area (Å²) < 4.78 is 5.51. The van der Waals surface area contributed by atoms with E-state index < -0.39 is 0 Å². The smallest absolute Gasteiger partial charge is 0.231 e. The molecular formula is C24H20ClNO3. The average molecular weight is 406 g/mol. The van der Waals surface area contributed by atoms with Gasteiger partial charge in [0.1, 0.15) is 5.75 Å². The molecule has 29 heavy (non-hydrogen) atoms. The van der Waals surface area contributed by atoms with Gasteiger partial charge < -0.3 is 10.1 Å². The molecule has 1 amide bonds. The zero-order valence-corrected chi connectivity index (χ0v) is 16.7. The van der Waals surface area contributed by atoms with Crippen molar-refractivity contribution in [1.82, 2.24) is 0 Å². The molecule has 1 aliphatic carbocycles. The largest absolute Gasteiger partial charge is 0.496 e. The van der Waals surface area contributed by atoms with Gasteiger partial charge in [0.15, 0.2) is 5.78 Å². The first-order valence-electron chi connectivity index (χ1n) is 9.44. The highest BCUT2D eigenvalue weighted by atomic mass is 35.5. The van der Waals surface area contributed by atoms with Gasteiger partial charge >= 0.3 is 0 Å². The molecule has 4 rings (SSSR count). The van der Waals surface area contributed by atoms with E-state index in [1.54, 1.807) is 43.5 Å². The van der Waals surface area contributed by atoms with Gasteiger partial charge in [0.2, 0.25) is 5.91 Å². The zero-order chi connectivity index (χ0) is 20.4. The number of aryl methyl sites for hydroxylation is 1. The maximum atomic E-state index is 12.9. The van der Waals surface area contributed by atoms with E-state index in [1.165, 1.54) is 0 Å². The van der Waals surface area contributed by atoms with Crippen molar-refractivity contribution >= 4 is 29.0 Å². The van der Waals surface area contributed by atoms with Gasteiger partial charge in [-0.1, -0.05) is 41.9 Å². The Hall–Kier alpha value is -3.11. The minimum absolute atomic E-state index is 0.0738. The van der Waals surface area contributed by atoms with E-state index in [0.29, 0.717) is 34.0 Å². The number of rotatable bonds is 5. The third-order valence-electron chi connectivity index (χ3n) is 5.25. The lowest BCUT2D eigenvalue weighted by Gasteiger charge is -2.15. The molecule has 3 aromatic rings. The minimum Gasteiger partial charge on any atom is -0.496 e. The summed E-state index contributed by atoms with van der Waals surface area (Å²) in [5, 5.41) is 3.57. The first-order valence-corrected chi connectivity index (χ1v) is 9.81. The fourth-order valence-corrected chi connectivity index (χ4v) is 3.89. The standard InChI is InChI=1S/C24H20ClNO3/c1-29-22-14-20-16(13-21(22)23(27)15-5-3-2-4-6-15)7-12-19(20)24(28)26-18-10-8-17(25)9-11-18/h2-6,8-11,13-14,19H,7,12H2,1H3,(H,26,28). The molecule has 146 valence electrons. The quantitative estimate of drug-likeness (QED) is 0.590. The van der Waals surface area contributed by atoms with Gasteiger partial charge in [0.25, 0.3) is 0 Å². The molecule has 0 bridgehead atoms. The highest BCUT2D eigenvalue weighted by Gasteiger charge is 2.31. The molecule has 1 unspecified atom stereocenters. The van der Waals surface area contributed by atoms with E-state index in [-0.39, 0.29) is 17.6 Å². The van der Waals surface area contributed by atoms with Crippen molar-refractivity contribution in [2.24, 2.45) is 0 Å². The maximum absolute atomic E-state index is 12.9. The number of carbonyl (C=O) groups is 2. The Labute approximate surface area is 174 Å². The van der Waals surface area contributed by atoms with Crippen LogP contribution in [0.1, 0.15) is 39.4 Å². The lowest BCUT2D eigenvalue weighted by Crippen LogP contribution is -2.19. The molecule has 0 fully saturated rings. The highest BCUT2D eigenvalue weighted by Crippen LogP contribution is 2.38. The molecule has 1 N–H and O–H groups in total. The summed E-state index contributed by atoms with van der Waals surface area (Å²) in [7, 11) is 1.54. The molecule has 0 saturated carbocycles. The van der Waals surface area contributed by atoms with E-state index in [0.717, 1.165) is 17.5 Å². The van der Waals surface area contributed by atoms with Crippen LogP contribution in [0, 0.1) is 0 Å². The molecule has 1 atom stereocenters. The van der Waals surface area contributed by atoms with Crippen molar-refractivity contribution in [2.45, 2.75) is 18.8 Å². The van der Waals surface area contributed by atoms with Gasteiger partial charge in [-0.15, -0.1) is 0 Å². The SMILES string of the molecule is COc1cc2c(cc1C(=O)c1ccccc1)CCC2C(=O)Nc1ccc(Cl)cc1. The number of hydrogen-bond donors (Lipinski definition) is 1. The second-order valence-electron chi connectivity index (χ2n) is 7.03. The number of anilines is 1. The van der Waals surface area contributed by atoms with E-state index in [4.69, 9.17) is 16.3 Å². The molecule has 0 aromatic heterocycles. The van der Waals surface area contributed by atoms with Crippen LogP contribution in [0.15, 0.2) is 66.7 Å². The summed E-state index contributed by atoms with van der Waals surface area (Å²) in [4.78, 5) is 25.8. The predicted molar refractivity (Wildman–Crippen MR) is 114 cm³/mol. The van der Waals surface area contributed by atoms with E-state index >= 15 is 0 Å². The second kappa shape index (κ2) is 8.10. The van der Waals surface area contributed by atoms with Crippen molar-refractivity contribution in [3.63, 3.8) is 0 Å². The lowest BCUT2D eigenvalue weighted by atomic mass is 9.95. The van der Waals surface area contributed by atoms with E-state index in [9.17, 15) is 9.59 Å². The van der Waals surface area contributed by atoms with Crippen LogP contribution >= 0.6 is 11.6 Å². The first kappa shape index (κ1) is 19.2. The van der Waals surface area contributed by atoms with Crippen molar-refractivity contribution in [3.8, 4) is 5.75 Å². The lowest BCUT2D eigenvalue weighted by molar-refractivity contribution is -0.117. The van der Waals surface area contributed by atoms with E-state index in [1.807, 2.05) is 30.3 Å². The number of ether oxygens (including phenoxy) is 1. The molecule has 0 radical (unpaired) electrons. The summed E-state index contributed by atoms with van der Waals surface area (Å²) >= 11 is 5.91. The Morgan fingerprint density at radius 1 is 1.03 bits per heavy atom. The van der Waals surface area contributed by atoms with Gasteiger partial charge in [-0.3, -0.25) is 9.59 Å². The third kappa shape index (κ3) is 3.89. The molecule has 3 aromatic carbocycles. The van der Waals surface area contributed by atoms with Crippen LogP contribution in [0.5, 0.6) is 5.75 Å². The van der Waals surface area contributed by atoms with Crippen molar-refractivity contribution in [3.05, 3.63) is 94.0 Å². The van der Waals surface area contributed by atoms with Crippen molar-refractivity contribution < 1.29 is 14.3 Å². The number of nitrogens with one attached hydrogen (secondary N) is 1. The molecule has 1 aliphatic rings. The number of carbonyl (C=O) groups excluding carboxylic acids is 2. The van der Waals surface area contributed by atoms with Crippen LogP contribution < -0.4 is 10.1 Å². The number of benzene rings is 3. The van der Waals surface area contributed by atoms with Gasteiger partial charge in [-0.05, 0) is 60.4 Å². The van der Waals surface area contributed by atoms with Crippen LogP contribution in [0.25, 0.3) is 0 Å². The Morgan fingerprint density at radius 3 is 2.45 bits per heavy atom. The van der Waals surface area contributed by atoms with Crippen LogP contribution in [-0.2, 0) is 11.2 Å². The summed E-state index contributed by atoms with van der Waals surface area (Å²) in [5.41, 5.74) is 3.77. The van der Waals surface area contributed by atoms with Gasteiger partial charge in [-0.2, -0.15) is 0 Å². The first-order chi connectivity index (χ1) is 14.1. The third-order valence-corrected chi connectivity index (χ3v) is 5.50. The molecule has 0 aliphatic heterocycles. The minimum atomic E-state index is -0.282. The van der Waals surface area contributed by atoms with Gasteiger partial charge in [0, 0.05) is 16.3 Å². The summed E-state index contributed by atoms with van der Waals surface area (Å²) in [6.07, 6.45) is 1.44. The van der Waals surface area contributed by atoms with Crippen molar-refractivity contribution in [2.75, 3.05) is 12.4 Å². The van der Waals surface area contributed by atoms with Crippen LogP contribution in [0.4, 0.5) is 5.69 Å². The molecule has 5 heteroatoms. The van der Waals surface area contributed by atoms with E-state index in [2.05, 4.69) is 5.32 Å². The molecule has 0 saturated heterocycles. The molecule has 0 heterocycles. The normalized spacial score (nSPS) is 14.9. The average Bonchev–Trinajstić information content (AvgIpc) is 3.17. The van der Waals surface area contributed by atoms with Crippen LogP contribution in [0.3, 0.4) is 0 Å². The number of fused-ring (bicyclic) bond motifs is 1. The summed E-state index contributed by atoms with van der Waals surface area (Å²) in [6, 6.07) is 19.9. The fraction of sp³-hybridized carbons (Fsp3) is 0.167. The zero-order valence-electron chi connectivity index (χ0n) is 15.9. The highest BCUT2D eigenvalue weighted by molar-refractivity contribution is 6.30. The van der Waals surface area contributed by atoms with Gasteiger partial charge in [0.05, 0.1) is 18.6 Å². The Kier molecular flexibility index (Phi) is 5.36. The van der Waals surface area contributed by atoms with Crippen LogP contribution in [0.2, 0.25) is 5.02 Å². The Morgan fingerprint density at radius 2 is 1.76 bits per heavy atom. The molecule has 4 nitrogen and oxygen atoms in total. The monoisotopic (exact) mass is 405 g/mol. The molecular weight excluding hydrogens is 386 g/mol. The summed E-state index contributed by atoms with van der Waals surface area (Å²) in [5.74, 6) is 0.0498. The fourth-order valence-electron chi connectivity index (χ4n) is 3.76. The molecule has 0 spiro atoms. The predicted octanol–water partition coefficient (Wildman–Crippen LogP) is 5.25. The summed E-state index contributed by atoms with van der Waals surface area (Å²) in [6.45, 7) is 0.